The molecule has 7 nitrogen and oxygen atoms in total. The van der Waals surface area contributed by atoms with E-state index in [2.05, 4.69) is 10.3 Å². The first-order valence-corrected chi connectivity index (χ1v) is 9.86. The Kier molecular flexibility index (Phi) is 6.59. The van der Waals surface area contributed by atoms with E-state index in [1.54, 1.807) is 0 Å². The minimum Gasteiger partial charge on any atom is -0.493 e. The molecule has 2 aromatic rings. The number of nitrogens with zero attached hydrogens (tertiary/aromatic N) is 1. The van der Waals surface area contributed by atoms with Gasteiger partial charge in [0.2, 0.25) is 5.82 Å². The molecule has 1 aliphatic heterocycles. The van der Waals surface area contributed by atoms with E-state index in [0.29, 0.717) is 11.3 Å². The Hall–Kier alpha value is -2.62. The summed E-state index contributed by atoms with van der Waals surface area (Å²) in [6, 6.07) is 5.38. The van der Waals surface area contributed by atoms with E-state index in [1.165, 1.54) is 31.5 Å². The number of ether oxygens (including phenoxy) is 2. The van der Waals surface area contributed by atoms with Crippen LogP contribution in [0.4, 0.5) is 14.5 Å². The van der Waals surface area contributed by atoms with Crippen LogP contribution in [-0.4, -0.2) is 46.5 Å². The predicted octanol–water partition coefficient (Wildman–Crippen LogP) is 2.93. The fraction of sp³-hybridized carbons (Fsp3) is 0.455. The number of hydrogen-bond acceptors (Lipinski definition) is 6. The summed E-state index contributed by atoms with van der Waals surface area (Å²) >= 11 is 0. The second-order valence-electron chi connectivity index (χ2n) is 8.10. The summed E-state index contributed by atoms with van der Waals surface area (Å²) in [5.41, 5.74) is 0.157. The first-order chi connectivity index (χ1) is 14.6. The van der Waals surface area contributed by atoms with Gasteiger partial charge in [0.1, 0.15) is 12.2 Å². The molecule has 1 aliphatic rings. The molecule has 0 aliphatic carbocycles. The molecule has 0 radical (unpaired) electrons. The van der Waals surface area contributed by atoms with Gasteiger partial charge in [-0.25, -0.2) is 4.39 Å². The molecule has 1 aromatic heterocycles. The molecule has 4 atom stereocenters. The number of rotatable bonds is 6. The molecule has 1 amide bonds. The first-order valence-electron chi connectivity index (χ1n) is 9.86. The summed E-state index contributed by atoms with van der Waals surface area (Å²) < 4.78 is 39.3. The minimum absolute atomic E-state index is 0.195. The van der Waals surface area contributed by atoms with Gasteiger partial charge in [-0.1, -0.05) is 13.0 Å². The number of hydrogen-bond donors (Lipinski definition) is 3. The van der Waals surface area contributed by atoms with Gasteiger partial charge in [0.05, 0.1) is 25.0 Å². The van der Waals surface area contributed by atoms with Gasteiger partial charge in [-0.15, -0.1) is 0 Å². The molecule has 1 fully saturated rings. The van der Waals surface area contributed by atoms with Gasteiger partial charge in [0, 0.05) is 23.4 Å². The van der Waals surface area contributed by atoms with Crippen molar-refractivity contribution in [3.63, 3.8) is 0 Å². The fourth-order valence-electron chi connectivity index (χ4n) is 3.88. The lowest BCUT2D eigenvalue weighted by Crippen LogP contribution is -2.33. The zero-order valence-corrected chi connectivity index (χ0v) is 17.7. The van der Waals surface area contributed by atoms with Gasteiger partial charge in [-0.2, -0.15) is 4.39 Å². The number of benzene rings is 1. The number of nitrogens with one attached hydrogen (secondary N) is 1. The van der Waals surface area contributed by atoms with Gasteiger partial charge in [-0.05, 0) is 38.0 Å². The molecule has 31 heavy (non-hydrogen) atoms. The number of carbonyl (C=O) groups excluding carboxylic acids is 1. The highest BCUT2D eigenvalue weighted by molar-refractivity contribution is 5.95. The molecule has 1 saturated heterocycles. The zero-order valence-electron chi connectivity index (χ0n) is 17.7. The lowest BCUT2D eigenvalue weighted by molar-refractivity contribution is -0.131. The normalized spacial score (nSPS) is 23.4. The minimum atomic E-state index is -1.18. The molecule has 0 saturated carbocycles. The van der Waals surface area contributed by atoms with Crippen LogP contribution in [0.25, 0.3) is 0 Å². The quantitative estimate of drug-likeness (QED) is 0.644. The Bertz CT molecular complexity index is 969. The highest BCUT2D eigenvalue weighted by atomic mass is 19.2. The molecule has 0 bridgehead atoms. The Morgan fingerprint density at radius 3 is 2.71 bits per heavy atom. The number of amides is 1. The maximum Gasteiger partial charge on any atom is 0.254 e. The van der Waals surface area contributed by atoms with Crippen LogP contribution in [0.1, 0.15) is 44.1 Å². The van der Waals surface area contributed by atoms with Crippen molar-refractivity contribution in [1.82, 2.24) is 4.98 Å². The van der Waals surface area contributed by atoms with Crippen molar-refractivity contribution < 1.29 is 33.3 Å². The number of aromatic nitrogens is 1. The average Bonchev–Trinajstić information content (AvgIpc) is 2.99. The summed E-state index contributed by atoms with van der Waals surface area (Å²) in [5, 5.41) is 21.6. The molecule has 168 valence electrons. The van der Waals surface area contributed by atoms with Crippen LogP contribution in [0.3, 0.4) is 0 Å². The number of halogens is 2. The number of methoxy groups -OCH3 is 1. The molecular formula is C22H26F2N2O5. The number of aliphatic hydroxyl groups excluding tert-OH is 2. The van der Waals surface area contributed by atoms with Crippen molar-refractivity contribution in [1.29, 1.82) is 0 Å². The third kappa shape index (κ3) is 4.39. The van der Waals surface area contributed by atoms with Crippen LogP contribution in [-0.2, 0) is 9.53 Å². The van der Waals surface area contributed by atoms with Gasteiger partial charge >= 0.3 is 0 Å². The van der Waals surface area contributed by atoms with E-state index in [9.17, 15) is 18.7 Å². The van der Waals surface area contributed by atoms with Crippen LogP contribution < -0.4 is 10.1 Å². The van der Waals surface area contributed by atoms with Crippen molar-refractivity contribution in [2.45, 2.75) is 44.5 Å². The number of aliphatic hydroxyl groups is 2. The van der Waals surface area contributed by atoms with Crippen molar-refractivity contribution in [3.05, 3.63) is 53.4 Å². The topological polar surface area (TPSA) is 101 Å². The Morgan fingerprint density at radius 1 is 1.35 bits per heavy atom. The lowest BCUT2D eigenvalue weighted by Gasteiger charge is -2.25. The Labute approximate surface area is 179 Å². The number of pyridine rings is 1. The summed E-state index contributed by atoms with van der Waals surface area (Å²) in [6.07, 6.45) is -0.803. The summed E-state index contributed by atoms with van der Waals surface area (Å²) in [7, 11) is 1.24. The van der Waals surface area contributed by atoms with Crippen LogP contribution in [0.5, 0.6) is 5.75 Å². The zero-order chi connectivity index (χ0) is 22.9. The predicted molar refractivity (Wildman–Crippen MR) is 109 cm³/mol. The monoisotopic (exact) mass is 436 g/mol. The molecule has 1 aromatic carbocycles. The summed E-state index contributed by atoms with van der Waals surface area (Å²) in [4.78, 5) is 17.1. The number of anilines is 1. The maximum absolute atomic E-state index is 14.4. The maximum atomic E-state index is 14.4. The van der Waals surface area contributed by atoms with E-state index in [-0.39, 0.29) is 17.4 Å². The van der Waals surface area contributed by atoms with Gasteiger partial charge < -0.3 is 25.0 Å². The second-order valence-corrected chi connectivity index (χ2v) is 8.10. The van der Waals surface area contributed by atoms with Crippen LogP contribution >= 0.6 is 0 Å². The van der Waals surface area contributed by atoms with E-state index < -0.39 is 47.9 Å². The van der Waals surface area contributed by atoms with E-state index in [4.69, 9.17) is 14.6 Å². The van der Waals surface area contributed by atoms with Crippen molar-refractivity contribution in [3.8, 4) is 5.75 Å². The van der Waals surface area contributed by atoms with E-state index in [1.807, 2.05) is 20.8 Å². The second kappa shape index (κ2) is 8.86. The molecule has 3 N–H and O–H groups in total. The highest BCUT2D eigenvalue weighted by Crippen LogP contribution is 2.49. The van der Waals surface area contributed by atoms with Gasteiger partial charge in [0.25, 0.3) is 5.91 Å². The summed E-state index contributed by atoms with van der Waals surface area (Å²) in [6.45, 7) is 5.01. The third-order valence-corrected chi connectivity index (χ3v) is 5.86. The largest absolute Gasteiger partial charge is 0.493 e. The van der Waals surface area contributed by atoms with Crippen molar-refractivity contribution >= 4 is 11.6 Å². The van der Waals surface area contributed by atoms with Gasteiger partial charge in [0.15, 0.2) is 11.6 Å². The van der Waals surface area contributed by atoms with Crippen LogP contribution in [0, 0.1) is 17.6 Å². The molecule has 2 heterocycles. The molecule has 9 heteroatoms. The molecule has 0 spiro atoms. The molecule has 3 rings (SSSR count). The fourth-order valence-corrected chi connectivity index (χ4v) is 3.88. The van der Waals surface area contributed by atoms with E-state index in [0.717, 1.165) is 6.07 Å². The average molecular weight is 436 g/mol. The standard InChI is InChI=1S/C22H26F2N2O5/c1-11-17(13-5-6-14(23)18(24)19(13)30-4)20(31-22(11,2)3)21(29)26-12-7-8-25-15(9-12)16(28)10-27/h5-9,11,16-17,20,27-28H,10H2,1-4H3,(H,25,26,29)/t11-,16?,17-,20+/m1/s1. The highest BCUT2D eigenvalue weighted by Gasteiger charge is 2.51. The lowest BCUT2D eigenvalue weighted by atomic mass is 9.78. The molecular weight excluding hydrogens is 410 g/mol. The van der Waals surface area contributed by atoms with Crippen LogP contribution in [0.2, 0.25) is 0 Å². The third-order valence-electron chi connectivity index (χ3n) is 5.86. The van der Waals surface area contributed by atoms with Gasteiger partial charge in [-0.3, -0.25) is 9.78 Å². The Morgan fingerprint density at radius 2 is 2.06 bits per heavy atom. The van der Waals surface area contributed by atoms with Crippen LogP contribution in [0.15, 0.2) is 30.5 Å². The summed E-state index contributed by atoms with van der Waals surface area (Å²) in [5.74, 6) is -3.75. The first kappa shape index (κ1) is 23.1. The Balaban J connectivity index is 1.96. The molecule has 1 unspecified atom stereocenters. The van der Waals surface area contributed by atoms with Crippen molar-refractivity contribution in [2.75, 3.05) is 19.0 Å². The smallest absolute Gasteiger partial charge is 0.254 e. The number of carbonyl (C=O) groups is 1. The SMILES string of the molecule is COc1c([C@@H]2[C@@H](C(=O)Nc3ccnc(C(O)CO)c3)OC(C)(C)[C@@H]2C)ccc(F)c1F. The van der Waals surface area contributed by atoms with Crippen molar-refractivity contribution in [2.24, 2.45) is 5.92 Å². The van der Waals surface area contributed by atoms with E-state index >= 15 is 0 Å².